The zero-order valence-corrected chi connectivity index (χ0v) is 23.1. The molecule has 1 heterocycles. The number of aryl methyl sites for hydroxylation is 1. The summed E-state index contributed by atoms with van der Waals surface area (Å²) in [4.78, 5) is 0.917. The van der Waals surface area contributed by atoms with Crippen molar-refractivity contribution in [2.75, 3.05) is 6.61 Å². The van der Waals surface area contributed by atoms with Crippen LogP contribution in [0.3, 0.4) is 0 Å². The predicted octanol–water partition coefficient (Wildman–Crippen LogP) is 3.47. The number of hydrogen-bond donors (Lipinski definition) is 3. The van der Waals surface area contributed by atoms with Gasteiger partial charge in [0, 0.05) is 4.90 Å². The minimum atomic E-state index is -2.85. The lowest BCUT2D eigenvalue weighted by Gasteiger charge is -2.45. The lowest BCUT2D eigenvalue weighted by molar-refractivity contribution is -0.204. The highest BCUT2D eigenvalue weighted by Gasteiger charge is 2.52. The summed E-state index contributed by atoms with van der Waals surface area (Å²) >= 11 is 1.33. The van der Waals surface area contributed by atoms with E-state index in [9.17, 15) is 15.3 Å². The molecule has 192 valence electrons. The maximum absolute atomic E-state index is 10.9. The molecular weight excluding hydrogens is 488 g/mol. The zero-order valence-electron chi connectivity index (χ0n) is 21.2. The molecule has 3 aromatic carbocycles. The van der Waals surface area contributed by atoms with Crippen molar-refractivity contribution in [3.63, 3.8) is 0 Å². The van der Waals surface area contributed by atoms with E-state index >= 15 is 0 Å². The summed E-state index contributed by atoms with van der Waals surface area (Å²) in [6, 6.07) is 28.4. The molecule has 1 fully saturated rings. The zero-order chi connectivity index (χ0) is 25.9. The molecule has 36 heavy (non-hydrogen) atoms. The largest absolute Gasteiger partial charge is 0.405 e. The minimum Gasteiger partial charge on any atom is -0.405 e. The Kier molecular flexibility index (Phi) is 8.41. The number of ether oxygens (including phenoxy) is 1. The molecule has 7 heteroatoms. The Morgan fingerprint density at radius 3 is 1.81 bits per heavy atom. The van der Waals surface area contributed by atoms with Crippen molar-refractivity contribution in [3.05, 3.63) is 90.5 Å². The van der Waals surface area contributed by atoms with Crippen molar-refractivity contribution in [1.29, 1.82) is 0 Å². The molecule has 1 saturated heterocycles. The first-order chi connectivity index (χ1) is 17.1. The second-order valence-corrected chi connectivity index (χ2v) is 15.9. The van der Waals surface area contributed by atoms with E-state index in [1.165, 1.54) is 11.8 Å². The van der Waals surface area contributed by atoms with Gasteiger partial charge in [-0.1, -0.05) is 111 Å². The van der Waals surface area contributed by atoms with Crippen molar-refractivity contribution in [2.45, 2.75) is 67.5 Å². The topological polar surface area (TPSA) is 79.2 Å². The SMILES string of the molecule is Cc1ccc(S[C@@H]2O[C@H](CO[Si](c3ccccc3)(c3ccccc3)C(C)(C)C)[C@@H](O)[C@H](O)[C@H]2O)cc1. The molecule has 0 saturated carbocycles. The van der Waals surface area contributed by atoms with Gasteiger partial charge >= 0.3 is 0 Å². The molecule has 0 unspecified atom stereocenters. The van der Waals surface area contributed by atoms with E-state index in [0.717, 1.165) is 20.8 Å². The van der Waals surface area contributed by atoms with Crippen LogP contribution in [0, 0.1) is 6.92 Å². The average Bonchev–Trinajstić information content (AvgIpc) is 2.87. The molecule has 0 bridgehead atoms. The molecule has 0 spiro atoms. The van der Waals surface area contributed by atoms with Gasteiger partial charge in [-0.2, -0.15) is 0 Å². The van der Waals surface area contributed by atoms with Gasteiger partial charge in [0.1, 0.15) is 29.9 Å². The number of hydrogen-bond acceptors (Lipinski definition) is 6. The van der Waals surface area contributed by atoms with Gasteiger partial charge in [-0.05, 0) is 34.5 Å². The highest BCUT2D eigenvalue weighted by molar-refractivity contribution is 7.99. The van der Waals surface area contributed by atoms with Crippen LogP contribution in [-0.4, -0.2) is 60.1 Å². The van der Waals surface area contributed by atoms with Crippen LogP contribution in [-0.2, 0) is 9.16 Å². The first kappa shape index (κ1) is 27.1. The number of aliphatic hydroxyl groups is 3. The van der Waals surface area contributed by atoms with Gasteiger partial charge < -0.3 is 24.5 Å². The monoisotopic (exact) mass is 524 g/mol. The Labute approximate surface area is 219 Å². The Morgan fingerprint density at radius 1 is 0.778 bits per heavy atom. The van der Waals surface area contributed by atoms with E-state index < -0.39 is 38.2 Å². The Morgan fingerprint density at radius 2 is 1.31 bits per heavy atom. The first-order valence-electron chi connectivity index (χ1n) is 12.3. The van der Waals surface area contributed by atoms with Crippen molar-refractivity contribution in [2.24, 2.45) is 0 Å². The highest BCUT2D eigenvalue weighted by Crippen LogP contribution is 2.38. The summed E-state index contributed by atoms with van der Waals surface area (Å²) in [7, 11) is -2.85. The van der Waals surface area contributed by atoms with Crippen molar-refractivity contribution in [1.82, 2.24) is 0 Å². The molecule has 0 radical (unpaired) electrons. The van der Waals surface area contributed by atoms with Crippen LogP contribution in [0.25, 0.3) is 0 Å². The summed E-state index contributed by atoms with van der Waals surface area (Å²) in [5, 5.41) is 34.2. The third-order valence-corrected chi connectivity index (χ3v) is 13.0. The molecule has 1 aliphatic heterocycles. The molecule has 5 nitrogen and oxygen atoms in total. The molecule has 1 aliphatic rings. The predicted molar refractivity (Wildman–Crippen MR) is 147 cm³/mol. The van der Waals surface area contributed by atoms with Gasteiger partial charge in [0.25, 0.3) is 8.32 Å². The van der Waals surface area contributed by atoms with Gasteiger partial charge in [0.2, 0.25) is 0 Å². The molecule has 3 N–H and O–H groups in total. The maximum atomic E-state index is 10.9. The Bertz CT molecular complexity index is 1060. The first-order valence-corrected chi connectivity index (χ1v) is 15.1. The van der Waals surface area contributed by atoms with Gasteiger partial charge in [0.05, 0.1) is 6.61 Å². The standard InChI is InChI=1S/C29H36O5SSi/c1-20-15-17-21(18-16-20)35-28-27(32)26(31)25(30)24(34-28)19-33-36(29(2,3)4,22-11-7-5-8-12-22)23-13-9-6-10-14-23/h5-18,24-28,30-32H,19H2,1-4H3/t24-,25-,26+,27-,28+/m1/s1. The number of rotatable bonds is 7. The summed E-state index contributed by atoms with van der Waals surface area (Å²) < 4.78 is 13.1. The van der Waals surface area contributed by atoms with E-state index in [0.29, 0.717) is 0 Å². The quantitative estimate of drug-likeness (QED) is 0.411. The lowest BCUT2D eigenvalue weighted by Crippen LogP contribution is -2.68. The normalized spacial score (nSPS) is 25.0. The smallest absolute Gasteiger partial charge is 0.261 e. The molecule has 0 amide bonds. The van der Waals surface area contributed by atoms with Crippen LogP contribution in [0.1, 0.15) is 26.3 Å². The Balaban J connectivity index is 1.64. The van der Waals surface area contributed by atoms with E-state index in [-0.39, 0.29) is 11.6 Å². The summed E-state index contributed by atoms with van der Waals surface area (Å²) in [6.45, 7) is 8.66. The van der Waals surface area contributed by atoms with Crippen molar-refractivity contribution < 1.29 is 24.5 Å². The lowest BCUT2D eigenvalue weighted by atomic mass is 10.0. The second kappa shape index (κ2) is 11.2. The summed E-state index contributed by atoms with van der Waals surface area (Å²) in [5.74, 6) is 0. The van der Waals surface area contributed by atoms with Crippen molar-refractivity contribution in [3.8, 4) is 0 Å². The number of thioether (sulfide) groups is 1. The maximum Gasteiger partial charge on any atom is 0.261 e. The number of aliphatic hydroxyl groups excluding tert-OH is 3. The Hall–Kier alpha value is -1.97. The second-order valence-electron chi connectivity index (χ2n) is 10.4. The third kappa shape index (κ3) is 5.48. The van der Waals surface area contributed by atoms with Crippen LogP contribution in [0.5, 0.6) is 0 Å². The van der Waals surface area contributed by atoms with Crippen LogP contribution in [0.4, 0.5) is 0 Å². The number of benzene rings is 3. The molecule has 0 aliphatic carbocycles. The molecule has 5 atom stereocenters. The molecule has 4 rings (SSSR count). The van der Waals surface area contributed by atoms with Gasteiger partial charge in [0.15, 0.2) is 0 Å². The fourth-order valence-corrected chi connectivity index (χ4v) is 10.5. The molecule has 0 aromatic heterocycles. The van der Waals surface area contributed by atoms with Gasteiger partial charge in [-0.25, -0.2) is 0 Å². The van der Waals surface area contributed by atoms with E-state index in [4.69, 9.17) is 9.16 Å². The summed E-state index contributed by atoms with van der Waals surface area (Å²) in [6.07, 6.45) is -4.63. The highest BCUT2D eigenvalue weighted by atomic mass is 32.2. The van der Waals surface area contributed by atoms with E-state index in [1.54, 1.807) is 0 Å². The minimum absolute atomic E-state index is 0.0865. The van der Waals surface area contributed by atoms with Gasteiger partial charge in [-0.3, -0.25) is 0 Å². The third-order valence-electron chi connectivity index (χ3n) is 6.82. The molecular formula is C29H36O5SSi. The van der Waals surface area contributed by atoms with Gasteiger partial charge in [-0.15, -0.1) is 0 Å². The van der Waals surface area contributed by atoms with E-state index in [2.05, 4.69) is 45.0 Å². The van der Waals surface area contributed by atoms with Crippen LogP contribution >= 0.6 is 11.8 Å². The average molecular weight is 525 g/mol. The summed E-state index contributed by atoms with van der Waals surface area (Å²) in [5.41, 5.74) is 0.398. The van der Waals surface area contributed by atoms with Crippen LogP contribution < -0.4 is 10.4 Å². The fourth-order valence-electron chi connectivity index (χ4n) is 4.87. The molecule has 3 aromatic rings. The fraction of sp³-hybridized carbons (Fsp3) is 0.379. The van der Waals surface area contributed by atoms with Crippen LogP contribution in [0.2, 0.25) is 5.04 Å². The van der Waals surface area contributed by atoms with E-state index in [1.807, 2.05) is 67.6 Å². The van der Waals surface area contributed by atoms with Crippen molar-refractivity contribution >= 4 is 30.5 Å². The van der Waals surface area contributed by atoms with Crippen LogP contribution in [0.15, 0.2) is 89.8 Å².